The third kappa shape index (κ3) is 3.68. The van der Waals surface area contributed by atoms with E-state index in [4.69, 9.17) is 5.11 Å². The summed E-state index contributed by atoms with van der Waals surface area (Å²) >= 11 is 0. The summed E-state index contributed by atoms with van der Waals surface area (Å²) in [6.45, 7) is 0.167. The summed E-state index contributed by atoms with van der Waals surface area (Å²) in [7, 11) is 1.53. The van der Waals surface area contributed by atoms with Crippen molar-refractivity contribution in [3.8, 4) is 0 Å². The molecular formula is C5H10F3NO. The molecule has 0 bridgehead atoms. The maximum atomic E-state index is 11.5. The summed E-state index contributed by atoms with van der Waals surface area (Å²) in [4.78, 5) is 0. The van der Waals surface area contributed by atoms with Crippen LogP contribution in [-0.2, 0) is 0 Å². The Kier molecular flexibility index (Phi) is 3.67. The lowest BCUT2D eigenvalue weighted by Gasteiger charge is -2.13. The molecule has 0 amide bonds. The average Bonchev–Trinajstić information content (AvgIpc) is 1.80. The van der Waals surface area contributed by atoms with Crippen LogP contribution in [0.25, 0.3) is 0 Å². The second-order valence-electron chi connectivity index (χ2n) is 1.95. The van der Waals surface area contributed by atoms with Gasteiger partial charge in [-0.1, -0.05) is 0 Å². The molecule has 0 heterocycles. The molecule has 0 aliphatic heterocycles. The van der Waals surface area contributed by atoms with E-state index in [0.29, 0.717) is 0 Å². The smallest absolute Gasteiger partial charge is 0.384 e. The van der Waals surface area contributed by atoms with E-state index in [1.807, 2.05) is 0 Å². The molecule has 0 aliphatic carbocycles. The Labute approximate surface area is 57.0 Å². The highest BCUT2D eigenvalue weighted by Gasteiger charge is 2.37. The minimum atomic E-state index is -4.48. The SMILES string of the molecule is CNCCC(O)C(F)(F)F. The molecule has 0 aliphatic rings. The fourth-order valence-corrected chi connectivity index (χ4v) is 0.445. The summed E-state index contributed by atoms with van der Waals surface area (Å²) in [5, 5.41) is 10.9. The number of alkyl halides is 3. The lowest BCUT2D eigenvalue weighted by Crippen LogP contribution is -2.31. The van der Waals surface area contributed by atoms with Crippen molar-refractivity contribution < 1.29 is 18.3 Å². The Morgan fingerprint density at radius 1 is 1.50 bits per heavy atom. The first kappa shape index (κ1) is 9.71. The van der Waals surface area contributed by atoms with Crippen LogP contribution >= 0.6 is 0 Å². The van der Waals surface area contributed by atoms with Gasteiger partial charge in [0.25, 0.3) is 0 Å². The predicted molar refractivity (Wildman–Crippen MR) is 30.6 cm³/mol. The molecule has 2 N–H and O–H groups in total. The topological polar surface area (TPSA) is 32.3 Å². The van der Waals surface area contributed by atoms with Crippen LogP contribution in [0.2, 0.25) is 0 Å². The number of nitrogens with one attached hydrogen (secondary N) is 1. The van der Waals surface area contributed by atoms with Gasteiger partial charge in [-0.05, 0) is 20.0 Å². The van der Waals surface area contributed by atoms with E-state index in [2.05, 4.69) is 5.32 Å². The highest BCUT2D eigenvalue weighted by molar-refractivity contribution is 4.65. The Morgan fingerprint density at radius 2 is 2.00 bits per heavy atom. The summed E-state index contributed by atoms with van der Waals surface area (Å²) < 4.78 is 34.5. The van der Waals surface area contributed by atoms with E-state index in [1.165, 1.54) is 7.05 Å². The number of aliphatic hydroxyl groups excluding tert-OH is 1. The van der Waals surface area contributed by atoms with Gasteiger partial charge in [0.1, 0.15) is 0 Å². The van der Waals surface area contributed by atoms with E-state index < -0.39 is 12.3 Å². The first-order chi connectivity index (χ1) is 4.48. The molecule has 0 radical (unpaired) electrons. The van der Waals surface area contributed by atoms with Crippen molar-refractivity contribution in [3.63, 3.8) is 0 Å². The zero-order valence-corrected chi connectivity index (χ0v) is 5.57. The zero-order chi connectivity index (χ0) is 8.20. The molecule has 0 saturated carbocycles. The fourth-order valence-electron chi connectivity index (χ4n) is 0.445. The van der Waals surface area contributed by atoms with Gasteiger partial charge in [0.15, 0.2) is 6.10 Å². The lowest BCUT2D eigenvalue weighted by atomic mass is 10.2. The maximum absolute atomic E-state index is 11.5. The quantitative estimate of drug-likeness (QED) is 0.626. The first-order valence-corrected chi connectivity index (χ1v) is 2.88. The number of aliphatic hydroxyl groups is 1. The van der Waals surface area contributed by atoms with Crippen molar-refractivity contribution >= 4 is 0 Å². The van der Waals surface area contributed by atoms with E-state index in [-0.39, 0.29) is 13.0 Å². The summed E-state index contributed by atoms with van der Waals surface area (Å²) in [5.74, 6) is 0. The van der Waals surface area contributed by atoms with Crippen molar-refractivity contribution in [2.75, 3.05) is 13.6 Å². The van der Waals surface area contributed by atoms with Gasteiger partial charge in [0, 0.05) is 0 Å². The Balaban J connectivity index is 3.52. The van der Waals surface area contributed by atoms with Crippen molar-refractivity contribution in [2.45, 2.75) is 18.7 Å². The molecule has 10 heavy (non-hydrogen) atoms. The largest absolute Gasteiger partial charge is 0.414 e. The molecule has 0 rings (SSSR count). The van der Waals surface area contributed by atoms with Crippen LogP contribution in [0.3, 0.4) is 0 Å². The number of halogens is 3. The van der Waals surface area contributed by atoms with Gasteiger partial charge in [0.05, 0.1) is 0 Å². The number of hydrogen-bond donors (Lipinski definition) is 2. The van der Waals surface area contributed by atoms with Crippen molar-refractivity contribution in [2.24, 2.45) is 0 Å². The van der Waals surface area contributed by atoms with E-state index in [0.717, 1.165) is 0 Å². The average molecular weight is 157 g/mol. The van der Waals surface area contributed by atoms with Crippen LogP contribution in [-0.4, -0.2) is 31.0 Å². The predicted octanol–water partition coefficient (Wildman–Crippen LogP) is 0.519. The fraction of sp³-hybridized carbons (Fsp3) is 1.00. The van der Waals surface area contributed by atoms with Gasteiger partial charge in [0.2, 0.25) is 0 Å². The second-order valence-corrected chi connectivity index (χ2v) is 1.95. The monoisotopic (exact) mass is 157 g/mol. The standard InChI is InChI=1S/C5H10F3NO/c1-9-3-2-4(10)5(6,7)8/h4,9-10H,2-3H2,1H3. The molecule has 0 spiro atoms. The number of rotatable bonds is 3. The number of hydrogen-bond acceptors (Lipinski definition) is 2. The minimum Gasteiger partial charge on any atom is -0.384 e. The minimum absolute atomic E-state index is 0.167. The zero-order valence-electron chi connectivity index (χ0n) is 5.57. The molecule has 5 heteroatoms. The second kappa shape index (κ2) is 3.78. The Bertz CT molecular complexity index is 93.4. The van der Waals surface area contributed by atoms with Crippen molar-refractivity contribution in [1.82, 2.24) is 5.32 Å². The molecule has 1 unspecified atom stereocenters. The molecule has 0 aromatic carbocycles. The highest BCUT2D eigenvalue weighted by Crippen LogP contribution is 2.21. The third-order valence-electron chi connectivity index (χ3n) is 1.05. The molecule has 1 atom stereocenters. The summed E-state index contributed by atoms with van der Waals surface area (Å²) in [6.07, 6.45) is -6.96. The normalized spacial score (nSPS) is 15.3. The van der Waals surface area contributed by atoms with Crippen LogP contribution in [0.1, 0.15) is 6.42 Å². The summed E-state index contributed by atoms with van der Waals surface area (Å²) in [6, 6.07) is 0. The lowest BCUT2D eigenvalue weighted by molar-refractivity contribution is -0.204. The Hall–Kier alpha value is -0.290. The van der Waals surface area contributed by atoms with Crippen molar-refractivity contribution in [3.05, 3.63) is 0 Å². The van der Waals surface area contributed by atoms with E-state index in [1.54, 1.807) is 0 Å². The molecule has 0 saturated heterocycles. The third-order valence-corrected chi connectivity index (χ3v) is 1.05. The van der Waals surface area contributed by atoms with Gasteiger partial charge in [-0.2, -0.15) is 13.2 Å². The van der Waals surface area contributed by atoms with Gasteiger partial charge in [-0.15, -0.1) is 0 Å². The highest BCUT2D eigenvalue weighted by atomic mass is 19.4. The van der Waals surface area contributed by atoms with Crippen LogP contribution in [0.5, 0.6) is 0 Å². The molecule has 2 nitrogen and oxygen atoms in total. The van der Waals surface area contributed by atoms with Gasteiger partial charge >= 0.3 is 6.18 Å². The molecule has 0 aromatic heterocycles. The van der Waals surface area contributed by atoms with Crippen LogP contribution < -0.4 is 5.32 Å². The molecule has 0 fully saturated rings. The van der Waals surface area contributed by atoms with Gasteiger partial charge in [-0.25, -0.2) is 0 Å². The van der Waals surface area contributed by atoms with Crippen LogP contribution in [0.15, 0.2) is 0 Å². The molecule has 0 aromatic rings. The molecule has 62 valence electrons. The van der Waals surface area contributed by atoms with Gasteiger partial charge < -0.3 is 10.4 Å². The molecular weight excluding hydrogens is 147 g/mol. The maximum Gasteiger partial charge on any atom is 0.414 e. The van der Waals surface area contributed by atoms with Crippen molar-refractivity contribution in [1.29, 1.82) is 0 Å². The Morgan fingerprint density at radius 3 is 2.30 bits per heavy atom. The van der Waals surface area contributed by atoms with E-state index >= 15 is 0 Å². The van der Waals surface area contributed by atoms with E-state index in [9.17, 15) is 13.2 Å². The van der Waals surface area contributed by atoms with Gasteiger partial charge in [-0.3, -0.25) is 0 Å². The first-order valence-electron chi connectivity index (χ1n) is 2.88. The van der Waals surface area contributed by atoms with Crippen LogP contribution in [0.4, 0.5) is 13.2 Å². The van der Waals surface area contributed by atoms with Crippen LogP contribution in [0, 0.1) is 0 Å². The summed E-state index contributed by atoms with van der Waals surface area (Å²) in [5.41, 5.74) is 0.